The second kappa shape index (κ2) is 11.8. The fourth-order valence-corrected chi connectivity index (χ4v) is 4.96. The third-order valence-electron chi connectivity index (χ3n) is 5.94. The van der Waals surface area contributed by atoms with Gasteiger partial charge in [0.2, 0.25) is 0 Å². The van der Waals surface area contributed by atoms with E-state index in [9.17, 15) is 27.6 Å². The highest BCUT2D eigenvalue weighted by Crippen LogP contribution is 2.36. The summed E-state index contributed by atoms with van der Waals surface area (Å²) in [5, 5.41) is 4.20. The second-order valence-corrected chi connectivity index (χ2v) is 10.2. The van der Waals surface area contributed by atoms with Crippen molar-refractivity contribution in [3.8, 4) is 0 Å². The molecular formula is C26H23ClF3N3O5S. The number of aromatic nitrogens is 2. The van der Waals surface area contributed by atoms with Crippen LogP contribution >= 0.6 is 23.4 Å². The minimum absolute atomic E-state index is 0.0121. The molecule has 13 heteroatoms. The smallest absolute Gasteiger partial charge is 0.296 e. The molecule has 1 aliphatic heterocycles. The normalized spacial score (nSPS) is 15.9. The minimum atomic E-state index is -4.57. The van der Waals surface area contributed by atoms with Gasteiger partial charge in [0.25, 0.3) is 11.1 Å². The second-order valence-electron chi connectivity index (χ2n) is 8.73. The summed E-state index contributed by atoms with van der Waals surface area (Å²) >= 11 is 6.46. The van der Waals surface area contributed by atoms with Gasteiger partial charge in [-0.15, -0.1) is 0 Å². The SMILES string of the molecule is CCCCOOC(=O)C(C)N1C(=O)S/C(=C\c2ccc3c(cnn3Cc3ccc(Cl)cc3C(F)(F)F)c2)C1=O. The Labute approximate surface area is 230 Å². The van der Waals surface area contributed by atoms with Crippen molar-refractivity contribution < 1.29 is 37.3 Å². The van der Waals surface area contributed by atoms with E-state index in [1.165, 1.54) is 36.0 Å². The number of carbonyl (C=O) groups excluding carboxylic acids is 3. The fourth-order valence-electron chi connectivity index (χ4n) is 3.88. The van der Waals surface area contributed by atoms with Gasteiger partial charge in [-0.05, 0) is 66.6 Å². The average molecular weight is 582 g/mol. The first-order valence-electron chi connectivity index (χ1n) is 11.9. The third-order valence-corrected chi connectivity index (χ3v) is 7.05. The van der Waals surface area contributed by atoms with Crippen LogP contribution in [0.3, 0.4) is 0 Å². The molecule has 1 unspecified atom stereocenters. The Hall–Kier alpha value is -3.35. The number of amides is 2. The Morgan fingerprint density at radius 2 is 1.97 bits per heavy atom. The largest absolute Gasteiger partial charge is 0.416 e. The van der Waals surface area contributed by atoms with E-state index < -0.39 is 34.9 Å². The van der Waals surface area contributed by atoms with Gasteiger partial charge in [-0.1, -0.05) is 37.1 Å². The number of alkyl halides is 3. The van der Waals surface area contributed by atoms with Crippen molar-refractivity contribution in [1.29, 1.82) is 0 Å². The Balaban J connectivity index is 1.51. The van der Waals surface area contributed by atoms with Gasteiger partial charge in [0.15, 0.2) is 0 Å². The minimum Gasteiger partial charge on any atom is -0.296 e. The van der Waals surface area contributed by atoms with Gasteiger partial charge in [0.1, 0.15) is 6.04 Å². The van der Waals surface area contributed by atoms with Crippen molar-refractivity contribution in [2.45, 2.75) is 45.5 Å². The van der Waals surface area contributed by atoms with Gasteiger partial charge in [0, 0.05) is 10.4 Å². The number of imide groups is 1. The van der Waals surface area contributed by atoms with Gasteiger partial charge >= 0.3 is 12.1 Å². The maximum absolute atomic E-state index is 13.5. The highest BCUT2D eigenvalue weighted by Gasteiger charge is 2.42. The van der Waals surface area contributed by atoms with Crippen LogP contribution in [0.25, 0.3) is 17.0 Å². The molecule has 0 radical (unpaired) electrons. The Morgan fingerprint density at radius 1 is 1.21 bits per heavy atom. The zero-order valence-electron chi connectivity index (χ0n) is 20.8. The van der Waals surface area contributed by atoms with Crippen molar-refractivity contribution >= 4 is 57.5 Å². The number of hydrogen-bond donors (Lipinski definition) is 0. The number of benzene rings is 2. The molecule has 3 aromatic rings. The van der Waals surface area contributed by atoms with E-state index in [0.717, 1.165) is 17.4 Å². The molecule has 0 aliphatic carbocycles. The lowest BCUT2D eigenvalue weighted by atomic mass is 10.1. The molecular weight excluding hydrogens is 559 g/mol. The summed E-state index contributed by atoms with van der Waals surface area (Å²) in [6.45, 7) is 3.39. The lowest BCUT2D eigenvalue weighted by molar-refractivity contribution is -0.275. The number of halogens is 4. The molecule has 0 spiro atoms. The molecule has 1 atom stereocenters. The first-order valence-corrected chi connectivity index (χ1v) is 13.1. The highest BCUT2D eigenvalue weighted by molar-refractivity contribution is 8.18. The number of fused-ring (bicyclic) bond motifs is 1. The van der Waals surface area contributed by atoms with E-state index in [-0.39, 0.29) is 28.6 Å². The number of unbranched alkanes of at least 4 members (excludes halogenated alkanes) is 1. The van der Waals surface area contributed by atoms with E-state index in [1.807, 2.05) is 6.92 Å². The first kappa shape index (κ1) is 28.7. The quantitative estimate of drug-likeness (QED) is 0.124. The topological polar surface area (TPSA) is 90.7 Å². The summed E-state index contributed by atoms with van der Waals surface area (Å²) in [7, 11) is 0. The lowest BCUT2D eigenvalue weighted by Gasteiger charge is -2.18. The van der Waals surface area contributed by atoms with Gasteiger partial charge in [0.05, 0.1) is 35.3 Å². The molecule has 1 fully saturated rings. The standard InChI is InChI=1S/C26H23ClF3N3O5S/c1-3-4-9-37-38-24(35)15(2)33-23(34)22(39-25(33)36)11-16-5-8-21-18(10-16)13-31-32(21)14-17-6-7-19(27)12-20(17)26(28,29)30/h5-8,10-13,15H,3-4,9,14H2,1-2H3/b22-11-. The maximum Gasteiger partial charge on any atom is 0.416 e. The van der Waals surface area contributed by atoms with Crippen LogP contribution in [0.2, 0.25) is 5.02 Å². The van der Waals surface area contributed by atoms with Gasteiger partial charge < -0.3 is 0 Å². The molecule has 39 heavy (non-hydrogen) atoms. The average Bonchev–Trinajstić information content (AvgIpc) is 3.40. The summed E-state index contributed by atoms with van der Waals surface area (Å²) in [6.07, 6.45) is -0.0494. The van der Waals surface area contributed by atoms with Crippen molar-refractivity contribution in [2.75, 3.05) is 6.61 Å². The lowest BCUT2D eigenvalue weighted by Crippen LogP contribution is -2.42. The predicted octanol–water partition coefficient (Wildman–Crippen LogP) is 6.46. The van der Waals surface area contributed by atoms with Crippen LogP contribution in [0.4, 0.5) is 18.0 Å². The first-order chi connectivity index (χ1) is 18.5. The Morgan fingerprint density at radius 3 is 2.69 bits per heavy atom. The molecule has 0 bridgehead atoms. The van der Waals surface area contributed by atoms with Gasteiger partial charge in [-0.25, -0.2) is 4.79 Å². The Kier molecular flexibility index (Phi) is 8.67. The van der Waals surface area contributed by atoms with Crippen LogP contribution in [0.1, 0.15) is 43.4 Å². The van der Waals surface area contributed by atoms with E-state index in [1.54, 1.807) is 18.2 Å². The van der Waals surface area contributed by atoms with E-state index >= 15 is 0 Å². The van der Waals surface area contributed by atoms with Crippen LogP contribution in [0.5, 0.6) is 0 Å². The van der Waals surface area contributed by atoms with Crippen molar-refractivity contribution in [2.24, 2.45) is 0 Å². The number of hydrogen-bond acceptors (Lipinski definition) is 7. The predicted molar refractivity (Wildman–Crippen MR) is 140 cm³/mol. The summed E-state index contributed by atoms with van der Waals surface area (Å²) in [5.41, 5.74) is 0.311. The van der Waals surface area contributed by atoms with Crippen LogP contribution < -0.4 is 0 Å². The van der Waals surface area contributed by atoms with Crippen LogP contribution in [0, 0.1) is 0 Å². The van der Waals surface area contributed by atoms with E-state index in [4.69, 9.17) is 21.4 Å². The maximum atomic E-state index is 13.5. The van der Waals surface area contributed by atoms with Crippen molar-refractivity contribution in [1.82, 2.24) is 14.7 Å². The van der Waals surface area contributed by atoms with Crippen molar-refractivity contribution in [3.63, 3.8) is 0 Å². The van der Waals surface area contributed by atoms with Gasteiger partial charge in [-0.2, -0.15) is 23.2 Å². The van der Waals surface area contributed by atoms with Crippen LogP contribution in [-0.2, 0) is 32.1 Å². The summed E-state index contributed by atoms with van der Waals surface area (Å²) in [5.74, 6) is -1.51. The molecule has 2 heterocycles. The highest BCUT2D eigenvalue weighted by atomic mass is 35.5. The monoisotopic (exact) mass is 581 g/mol. The summed E-state index contributed by atoms with van der Waals surface area (Å²) in [6, 6.07) is 7.42. The zero-order chi connectivity index (χ0) is 28.3. The molecule has 206 valence electrons. The van der Waals surface area contributed by atoms with Crippen LogP contribution in [0.15, 0.2) is 47.5 Å². The third kappa shape index (κ3) is 6.45. The molecule has 1 aromatic heterocycles. The molecule has 0 N–H and O–H groups in total. The van der Waals surface area contributed by atoms with E-state index in [0.29, 0.717) is 34.6 Å². The van der Waals surface area contributed by atoms with Crippen LogP contribution in [-0.4, -0.2) is 44.4 Å². The number of nitrogens with zero attached hydrogens (tertiary/aromatic N) is 3. The molecule has 0 saturated carbocycles. The van der Waals surface area contributed by atoms with Gasteiger partial charge in [-0.3, -0.25) is 24.1 Å². The summed E-state index contributed by atoms with van der Waals surface area (Å²) < 4.78 is 41.9. The molecule has 2 amide bonds. The molecule has 4 rings (SSSR count). The number of carbonyl (C=O) groups is 3. The zero-order valence-corrected chi connectivity index (χ0v) is 22.4. The molecule has 8 nitrogen and oxygen atoms in total. The Bertz CT molecular complexity index is 1460. The molecule has 1 aliphatic rings. The number of thioether (sulfide) groups is 1. The van der Waals surface area contributed by atoms with E-state index in [2.05, 4.69) is 5.10 Å². The number of rotatable bonds is 9. The summed E-state index contributed by atoms with van der Waals surface area (Å²) in [4.78, 5) is 48.1. The fraction of sp³-hybridized carbons (Fsp3) is 0.308. The molecule has 1 saturated heterocycles. The van der Waals surface area contributed by atoms with Crippen molar-refractivity contribution in [3.05, 3.63) is 69.2 Å². The molecule has 2 aromatic carbocycles.